The number of halogens is 3. The van der Waals surface area contributed by atoms with Gasteiger partial charge in [-0.05, 0) is 47.5 Å². The van der Waals surface area contributed by atoms with Gasteiger partial charge in [-0.3, -0.25) is 4.79 Å². The Kier molecular flexibility index (Phi) is 6.89. The highest BCUT2D eigenvalue weighted by molar-refractivity contribution is 7.95. The average Bonchev–Trinajstić information content (AvgIpc) is 2.77. The molecule has 0 aliphatic heterocycles. The number of nitrogens with one attached hydrogen (secondary N) is 2. The van der Waals surface area contributed by atoms with Gasteiger partial charge < -0.3 is 9.87 Å². The average molecular weight is 448 g/mol. The molecular formula is C22H19F3N2O3S. The van der Waals surface area contributed by atoms with Crippen LogP contribution in [-0.2, 0) is 20.8 Å². The van der Waals surface area contributed by atoms with E-state index in [0.29, 0.717) is 16.7 Å². The topological polar surface area (TPSA) is 81.3 Å². The van der Waals surface area contributed by atoms with E-state index in [1.807, 2.05) is 0 Å². The predicted octanol–water partition coefficient (Wildman–Crippen LogP) is 4.30. The van der Waals surface area contributed by atoms with Gasteiger partial charge in [0.1, 0.15) is 0 Å². The molecule has 1 atom stereocenters. The summed E-state index contributed by atoms with van der Waals surface area (Å²) in [6.45, 7) is 0.0664. The highest BCUT2D eigenvalue weighted by atomic mass is 32.3. The second kappa shape index (κ2) is 9.42. The molecule has 0 fully saturated rings. The van der Waals surface area contributed by atoms with Crippen LogP contribution in [0.25, 0.3) is 11.1 Å². The van der Waals surface area contributed by atoms with Gasteiger partial charge >= 0.3 is 6.18 Å². The highest BCUT2D eigenvalue weighted by Crippen LogP contribution is 2.31. The number of benzene rings is 3. The van der Waals surface area contributed by atoms with E-state index in [1.54, 1.807) is 42.5 Å². The summed E-state index contributed by atoms with van der Waals surface area (Å²) in [7, 11) is -3.66. The Morgan fingerprint density at radius 1 is 0.871 bits per heavy atom. The number of alkyl halides is 3. The molecule has 0 heterocycles. The van der Waals surface area contributed by atoms with Crippen molar-refractivity contribution in [3.63, 3.8) is 0 Å². The minimum atomic E-state index is -4.41. The fourth-order valence-electron chi connectivity index (χ4n) is 2.84. The van der Waals surface area contributed by atoms with Crippen molar-refractivity contribution in [3.8, 4) is 11.1 Å². The van der Waals surface area contributed by atoms with Crippen LogP contribution < -0.4 is 10.0 Å². The van der Waals surface area contributed by atoms with Gasteiger partial charge in [0.05, 0.1) is 12.1 Å². The molecule has 162 valence electrons. The number of sulfonamides is 1. The number of hydrogen-bond acceptors (Lipinski definition) is 3. The van der Waals surface area contributed by atoms with E-state index in [-0.39, 0.29) is 18.0 Å². The van der Waals surface area contributed by atoms with Crippen LogP contribution >= 0.6 is 0 Å². The van der Waals surface area contributed by atoms with Crippen LogP contribution in [-0.4, -0.2) is 23.5 Å². The minimum absolute atomic E-state index is 0.00155. The summed E-state index contributed by atoms with van der Waals surface area (Å²) in [5.41, 5.74) is 0.691. The van der Waals surface area contributed by atoms with Crippen LogP contribution in [0.4, 0.5) is 13.2 Å². The first kappa shape index (κ1) is 22.7. The van der Waals surface area contributed by atoms with Crippen molar-refractivity contribution in [1.29, 1.82) is 0 Å². The van der Waals surface area contributed by atoms with Gasteiger partial charge in [0.25, 0.3) is 5.91 Å². The van der Waals surface area contributed by atoms with Crippen LogP contribution in [0.1, 0.15) is 15.9 Å². The van der Waals surface area contributed by atoms with Crippen molar-refractivity contribution in [3.05, 3.63) is 90.0 Å². The second-order valence-electron chi connectivity index (χ2n) is 6.62. The zero-order valence-electron chi connectivity index (χ0n) is 16.2. The molecule has 5 nitrogen and oxygen atoms in total. The minimum Gasteiger partial charge on any atom is -0.593 e. The molecule has 0 aliphatic carbocycles. The molecular weight excluding hydrogens is 429 g/mol. The molecule has 1 unspecified atom stereocenters. The number of carbonyl (C=O) groups is 1. The van der Waals surface area contributed by atoms with E-state index in [2.05, 4.69) is 10.0 Å². The van der Waals surface area contributed by atoms with Crippen molar-refractivity contribution in [2.24, 2.45) is 0 Å². The standard InChI is InChI=1S/C22H19F3N2O3S/c23-22(24,25)19-11-9-16(10-12-19)17-5-4-6-18(15-17)21(28)26-13-14-27-31(29,30)20-7-2-1-3-8-20/h1-12,15H,13-14H2,(H2-,26,27,28,29,30). The van der Waals surface area contributed by atoms with Gasteiger partial charge in [-0.2, -0.15) is 13.2 Å². The van der Waals surface area contributed by atoms with E-state index in [1.165, 1.54) is 24.3 Å². The lowest BCUT2D eigenvalue weighted by atomic mass is 10.0. The van der Waals surface area contributed by atoms with E-state index < -0.39 is 28.0 Å². The van der Waals surface area contributed by atoms with Gasteiger partial charge in [0.15, 0.2) is 15.3 Å². The summed E-state index contributed by atoms with van der Waals surface area (Å²) in [6.07, 6.45) is -4.41. The largest absolute Gasteiger partial charge is 0.593 e. The third-order valence-electron chi connectivity index (χ3n) is 4.43. The molecule has 0 aliphatic rings. The third-order valence-corrected chi connectivity index (χ3v) is 5.90. The molecule has 9 heteroatoms. The summed E-state index contributed by atoms with van der Waals surface area (Å²) in [5, 5.41) is 2.62. The van der Waals surface area contributed by atoms with Crippen molar-refractivity contribution < 1.29 is 26.7 Å². The Morgan fingerprint density at radius 3 is 2.19 bits per heavy atom. The fourth-order valence-corrected chi connectivity index (χ4v) is 3.89. The lowest BCUT2D eigenvalue weighted by Gasteiger charge is -2.15. The summed E-state index contributed by atoms with van der Waals surface area (Å²) >= 11 is 0. The summed E-state index contributed by atoms with van der Waals surface area (Å²) in [4.78, 5) is 12.5. The van der Waals surface area contributed by atoms with Gasteiger partial charge in [-0.25, -0.2) is 0 Å². The fraction of sp³-hybridized carbons (Fsp3) is 0.136. The van der Waals surface area contributed by atoms with Crippen molar-refractivity contribution in [2.45, 2.75) is 11.1 Å². The number of carbonyl (C=O) groups excluding carboxylic acids is 1. The van der Waals surface area contributed by atoms with Crippen LogP contribution in [0.5, 0.6) is 0 Å². The van der Waals surface area contributed by atoms with Gasteiger partial charge in [0.2, 0.25) is 0 Å². The zero-order chi connectivity index (χ0) is 22.5. The van der Waals surface area contributed by atoms with E-state index in [0.717, 1.165) is 12.1 Å². The Hall–Kier alpha value is -3.01. The lowest BCUT2D eigenvalue weighted by molar-refractivity contribution is -0.137. The SMILES string of the molecule is O=C(NCCN[S+](=O)([O-])c1ccccc1)c1cccc(-c2ccc(C(F)(F)F)cc2)c1. The summed E-state index contributed by atoms with van der Waals surface area (Å²) in [6, 6.07) is 19.0. The first-order chi connectivity index (χ1) is 14.7. The summed E-state index contributed by atoms with van der Waals surface area (Å²) in [5.74, 6) is -0.423. The van der Waals surface area contributed by atoms with E-state index in [9.17, 15) is 26.7 Å². The third kappa shape index (κ3) is 6.00. The van der Waals surface area contributed by atoms with Gasteiger partial charge in [0, 0.05) is 12.1 Å². The molecule has 1 amide bonds. The van der Waals surface area contributed by atoms with Crippen LogP contribution in [0, 0.1) is 0 Å². The quantitative estimate of drug-likeness (QED) is 0.418. The zero-order valence-corrected chi connectivity index (χ0v) is 17.0. The maximum atomic E-state index is 12.7. The molecule has 3 aromatic carbocycles. The Morgan fingerprint density at radius 2 is 1.55 bits per heavy atom. The number of amides is 1. The molecule has 3 aromatic rings. The maximum absolute atomic E-state index is 12.7. The predicted molar refractivity (Wildman–Crippen MR) is 111 cm³/mol. The molecule has 2 N–H and O–H groups in total. The Balaban J connectivity index is 1.58. The van der Waals surface area contributed by atoms with E-state index in [4.69, 9.17) is 0 Å². The molecule has 0 aromatic heterocycles. The van der Waals surface area contributed by atoms with Crippen molar-refractivity contribution in [1.82, 2.24) is 10.0 Å². The first-order valence-electron chi connectivity index (χ1n) is 9.27. The number of rotatable bonds is 7. The molecule has 3 rings (SSSR count). The second-order valence-corrected chi connectivity index (χ2v) is 8.39. The molecule has 0 spiro atoms. The smallest absolute Gasteiger partial charge is 0.416 e. The van der Waals surface area contributed by atoms with Crippen LogP contribution in [0.3, 0.4) is 0 Å². The van der Waals surface area contributed by atoms with Crippen molar-refractivity contribution >= 4 is 16.3 Å². The molecule has 31 heavy (non-hydrogen) atoms. The van der Waals surface area contributed by atoms with Crippen LogP contribution in [0.2, 0.25) is 0 Å². The van der Waals surface area contributed by atoms with Crippen molar-refractivity contribution in [2.75, 3.05) is 13.1 Å². The Labute approximate surface area is 178 Å². The molecule has 0 bridgehead atoms. The normalized spacial score (nSPS) is 13.4. The highest BCUT2D eigenvalue weighted by Gasteiger charge is 2.30. The summed E-state index contributed by atoms with van der Waals surface area (Å²) < 4.78 is 64.8. The molecule has 0 saturated heterocycles. The lowest BCUT2D eigenvalue weighted by Crippen LogP contribution is -2.37. The van der Waals surface area contributed by atoms with Gasteiger partial charge in [-0.1, -0.05) is 46.7 Å². The first-order valence-corrected chi connectivity index (χ1v) is 10.8. The molecule has 0 saturated carbocycles. The Bertz CT molecular complexity index is 1090. The monoisotopic (exact) mass is 448 g/mol. The van der Waals surface area contributed by atoms with Crippen LogP contribution in [0.15, 0.2) is 83.8 Å². The number of hydrogen-bond donors (Lipinski definition) is 2. The van der Waals surface area contributed by atoms with E-state index >= 15 is 0 Å². The molecule has 0 radical (unpaired) electrons. The van der Waals surface area contributed by atoms with Gasteiger partial charge in [-0.15, -0.1) is 4.72 Å². The maximum Gasteiger partial charge on any atom is 0.416 e.